The quantitative estimate of drug-likeness (QED) is 0.551. The Hall–Kier alpha value is -0.190. The van der Waals surface area contributed by atoms with Gasteiger partial charge in [0.05, 0.1) is 0 Å². The first-order valence-corrected chi connectivity index (χ1v) is 3.02. The Morgan fingerprint density at radius 2 is 2.11 bits per heavy atom. The van der Waals surface area contributed by atoms with Crippen LogP contribution in [0.5, 0.6) is 0 Å². The molecule has 1 saturated carbocycles. The topological polar surface area (TPSA) is 26.0 Å². The highest BCUT2D eigenvalue weighted by atomic mass is 35.5. The molecule has 0 saturated heterocycles. The highest BCUT2D eigenvalue weighted by molar-refractivity contribution is 5.85. The predicted octanol–water partition coefficient (Wildman–Crippen LogP) is 1.17. The first kappa shape index (κ1) is 8.81. The van der Waals surface area contributed by atoms with Crippen molar-refractivity contribution in [2.75, 3.05) is 0 Å². The van der Waals surface area contributed by atoms with E-state index in [1.54, 1.807) is 0 Å². The minimum Gasteiger partial charge on any atom is -0.328 e. The van der Waals surface area contributed by atoms with Crippen molar-refractivity contribution in [3.05, 3.63) is 0 Å². The molecule has 0 bridgehead atoms. The summed E-state index contributed by atoms with van der Waals surface area (Å²) in [5.74, 6) is 3.38. The molecule has 0 heterocycles. The molecule has 0 amide bonds. The van der Waals surface area contributed by atoms with E-state index >= 15 is 0 Å². The molecule has 0 radical (unpaired) electrons. The first-order chi connectivity index (χ1) is 3.83. The zero-order valence-corrected chi connectivity index (χ0v) is 6.16. The van der Waals surface area contributed by atoms with Crippen LogP contribution in [-0.4, -0.2) is 6.04 Å². The van der Waals surface area contributed by atoms with Gasteiger partial charge < -0.3 is 5.73 Å². The molecule has 0 aromatic heterocycles. The largest absolute Gasteiger partial charge is 0.328 e. The van der Waals surface area contributed by atoms with Crippen LogP contribution in [0.4, 0.5) is 0 Å². The molecule has 1 aliphatic rings. The van der Waals surface area contributed by atoms with E-state index in [0.29, 0.717) is 6.04 Å². The highest BCUT2D eigenvalue weighted by Gasteiger charge is 2.24. The predicted molar refractivity (Wildman–Crippen MR) is 41.4 cm³/mol. The van der Waals surface area contributed by atoms with Crippen LogP contribution < -0.4 is 5.73 Å². The molecule has 0 aromatic carbocycles. The van der Waals surface area contributed by atoms with Crippen LogP contribution in [0.1, 0.15) is 19.3 Å². The van der Waals surface area contributed by atoms with E-state index in [1.807, 2.05) is 0 Å². The summed E-state index contributed by atoms with van der Waals surface area (Å²) in [6.07, 6.45) is 8.30. The molecule has 1 nitrogen and oxygen atoms in total. The molecule has 1 rings (SSSR count). The summed E-state index contributed by atoms with van der Waals surface area (Å²) in [5.41, 5.74) is 5.53. The van der Waals surface area contributed by atoms with E-state index < -0.39 is 0 Å². The van der Waals surface area contributed by atoms with Gasteiger partial charge in [0.1, 0.15) is 0 Å². The van der Waals surface area contributed by atoms with Gasteiger partial charge in [-0.15, -0.1) is 24.8 Å². The van der Waals surface area contributed by atoms with Crippen LogP contribution in [0.3, 0.4) is 0 Å². The van der Waals surface area contributed by atoms with Crippen LogP contribution in [0.2, 0.25) is 0 Å². The Morgan fingerprint density at radius 3 is 2.44 bits per heavy atom. The first-order valence-electron chi connectivity index (χ1n) is 3.02. The molecule has 0 unspecified atom stereocenters. The molecule has 0 aliphatic heterocycles. The molecular weight excluding hydrogens is 134 g/mol. The molecule has 52 valence electrons. The van der Waals surface area contributed by atoms with Crippen LogP contribution in [0.15, 0.2) is 0 Å². The molecule has 1 aliphatic carbocycles. The molecule has 0 spiro atoms. The molecule has 0 aromatic rings. The van der Waals surface area contributed by atoms with Gasteiger partial charge >= 0.3 is 0 Å². The van der Waals surface area contributed by atoms with E-state index in [-0.39, 0.29) is 12.4 Å². The smallest absolute Gasteiger partial charge is 0.0116 e. The zero-order chi connectivity index (χ0) is 5.98. The minimum absolute atomic E-state index is 0. The summed E-state index contributed by atoms with van der Waals surface area (Å²) in [4.78, 5) is 0. The maximum absolute atomic E-state index is 5.53. The second-order valence-corrected chi connectivity index (χ2v) is 2.51. The van der Waals surface area contributed by atoms with E-state index in [0.717, 1.165) is 25.2 Å². The lowest BCUT2D eigenvalue weighted by molar-refractivity contribution is 0.271. The van der Waals surface area contributed by atoms with Gasteiger partial charge in [0.25, 0.3) is 0 Å². The van der Waals surface area contributed by atoms with Crippen LogP contribution in [-0.2, 0) is 0 Å². The van der Waals surface area contributed by atoms with Crippen molar-refractivity contribution in [1.82, 2.24) is 0 Å². The Morgan fingerprint density at radius 1 is 1.56 bits per heavy atom. The summed E-state index contributed by atoms with van der Waals surface area (Å²) >= 11 is 0. The van der Waals surface area contributed by atoms with E-state index in [4.69, 9.17) is 12.2 Å². The Balaban J connectivity index is 0.000000640. The zero-order valence-electron chi connectivity index (χ0n) is 5.34. The lowest BCUT2D eigenvalue weighted by Gasteiger charge is -2.30. The van der Waals surface area contributed by atoms with E-state index in [9.17, 15) is 0 Å². The molecule has 2 N–H and O–H groups in total. The van der Waals surface area contributed by atoms with E-state index in [1.165, 1.54) is 0 Å². The van der Waals surface area contributed by atoms with Gasteiger partial charge in [-0.05, 0) is 18.8 Å². The molecule has 0 atom stereocenters. The van der Waals surface area contributed by atoms with Crippen molar-refractivity contribution in [2.45, 2.75) is 25.3 Å². The number of terminal acetylenes is 1. The monoisotopic (exact) mass is 145 g/mol. The summed E-state index contributed by atoms with van der Waals surface area (Å²) in [7, 11) is 0. The third-order valence-electron chi connectivity index (χ3n) is 1.68. The van der Waals surface area contributed by atoms with Crippen molar-refractivity contribution in [3.63, 3.8) is 0 Å². The van der Waals surface area contributed by atoms with Crippen molar-refractivity contribution in [3.8, 4) is 12.3 Å². The fourth-order valence-corrected chi connectivity index (χ4v) is 1.12. The summed E-state index contributed by atoms with van der Waals surface area (Å²) in [6, 6.07) is 0.452. The molecule has 9 heavy (non-hydrogen) atoms. The third kappa shape index (κ3) is 2.26. The van der Waals surface area contributed by atoms with Crippen LogP contribution in [0, 0.1) is 18.3 Å². The molecule has 2 heteroatoms. The van der Waals surface area contributed by atoms with Crippen LogP contribution in [0.25, 0.3) is 0 Å². The van der Waals surface area contributed by atoms with Gasteiger partial charge in [0.2, 0.25) is 0 Å². The second-order valence-electron chi connectivity index (χ2n) is 2.51. The average Bonchev–Trinajstić information content (AvgIpc) is 1.64. The van der Waals surface area contributed by atoms with Gasteiger partial charge in [-0.25, -0.2) is 0 Å². The van der Waals surface area contributed by atoms with Crippen molar-refractivity contribution >= 4 is 12.4 Å². The number of halogens is 1. The number of rotatable bonds is 1. The highest BCUT2D eigenvalue weighted by Crippen LogP contribution is 2.27. The van der Waals surface area contributed by atoms with Crippen molar-refractivity contribution in [1.29, 1.82) is 0 Å². The molecule has 1 fully saturated rings. The van der Waals surface area contributed by atoms with Gasteiger partial charge in [-0.2, -0.15) is 0 Å². The summed E-state index contributed by atoms with van der Waals surface area (Å²) in [6.45, 7) is 0. The standard InChI is InChI=1S/C7H11N.ClH/c1-2-3-6-4-7(8)5-6;/h1,6-7H,3-5,8H2;1H. The Kier molecular flexibility index (Phi) is 3.68. The van der Waals surface area contributed by atoms with Gasteiger partial charge in [0, 0.05) is 12.5 Å². The fraction of sp³-hybridized carbons (Fsp3) is 0.714. The third-order valence-corrected chi connectivity index (χ3v) is 1.68. The Labute approximate surface area is 62.4 Å². The normalized spacial score (nSPS) is 31.6. The number of nitrogens with two attached hydrogens (primary N) is 1. The Bertz CT molecular complexity index is 111. The maximum Gasteiger partial charge on any atom is 0.0116 e. The van der Waals surface area contributed by atoms with Crippen LogP contribution >= 0.6 is 12.4 Å². The lowest BCUT2D eigenvalue weighted by Crippen LogP contribution is -2.35. The summed E-state index contributed by atoms with van der Waals surface area (Å²) < 4.78 is 0. The second kappa shape index (κ2) is 3.76. The van der Waals surface area contributed by atoms with Gasteiger partial charge in [-0.1, -0.05) is 0 Å². The fourth-order valence-electron chi connectivity index (χ4n) is 1.12. The summed E-state index contributed by atoms with van der Waals surface area (Å²) in [5, 5.41) is 0. The van der Waals surface area contributed by atoms with Gasteiger partial charge in [-0.3, -0.25) is 0 Å². The van der Waals surface area contributed by atoms with Crippen molar-refractivity contribution in [2.24, 2.45) is 11.7 Å². The maximum atomic E-state index is 5.53. The average molecular weight is 146 g/mol. The van der Waals surface area contributed by atoms with E-state index in [2.05, 4.69) is 5.92 Å². The lowest BCUT2D eigenvalue weighted by atomic mass is 9.79. The minimum atomic E-state index is 0. The number of hydrogen-bond donors (Lipinski definition) is 1. The van der Waals surface area contributed by atoms with Crippen molar-refractivity contribution < 1.29 is 0 Å². The van der Waals surface area contributed by atoms with Gasteiger partial charge in [0.15, 0.2) is 0 Å². The SMILES string of the molecule is C#CCC1CC(N)C1.Cl. The number of hydrogen-bond acceptors (Lipinski definition) is 1. The molecular formula is C7H12ClN.